The summed E-state index contributed by atoms with van der Waals surface area (Å²) in [6.45, 7) is 1.85. The Morgan fingerprint density at radius 1 is 1.14 bits per heavy atom. The minimum atomic E-state index is -3.47. The molecule has 0 aliphatic heterocycles. The zero-order valence-electron chi connectivity index (χ0n) is 15.6. The van der Waals surface area contributed by atoms with Crippen LogP contribution in [-0.2, 0) is 10.0 Å². The number of hydrogen-bond donors (Lipinski definition) is 3. The topological polar surface area (TPSA) is 113 Å². The Labute approximate surface area is 164 Å². The molecule has 2 aliphatic rings. The van der Waals surface area contributed by atoms with Crippen LogP contribution in [0.15, 0.2) is 35.4 Å². The van der Waals surface area contributed by atoms with Gasteiger partial charge in [0.1, 0.15) is 6.10 Å². The molecule has 1 aromatic carbocycles. The number of aliphatic hydroxyl groups is 1. The first kappa shape index (κ1) is 19.1. The van der Waals surface area contributed by atoms with Crippen LogP contribution in [0.5, 0.6) is 5.88 Å². The van der Waals surface area contributed by atoms with Crippen molar-refractivity contribution >= 4 is 21.7 Å². The molecule has 1 heterocycles. The minimum absolute atomic E-state index is 0.0700. The lowest BCUT2D eigenvalue weighted by atomic mass is 10.2. The summed E-state index contributed by atoms with van der Waals surface area (Å²) in [5, 5.41) is 13.0. The van der Waals surface area contributed by atoms with Crippen molar-refractivity contribution in [2.75, 3.05) is 5.32 Å². The second kappa shape index (κ2) is 7.65. The molecule has 2 atom stereocenters. The predicted molar refractivity (Wildman–Crippen MR) is 104 cm³/mol. The highest BCUT2D eigenvalue weighted by molar-refractivity contribution is 7.89. The standard InChI is InChI=1S/C19H24N4O4S/c1-12-11-20-19(22-18(12)27-17-4-2-3-16(17)24)21-13-7-9-15(10-8-13)28(25,26)23-14-5-6-14/h7-11,14,16-17,23-24H,2-6H2,1H3,(H,20,21,22)/t16-,17+/m0/s1. The monoisotopic (exact) mass is 404 g/mol. The van der Waals surface area contributed by atoms with Crippen molar-refractivity contribution in [2.45, 2.75) is 62.2 Å². The van der Waals surface area contributed by atoms with Crippen molar-refractivity contribution in [3.8, 4) is 5.88 Å². The Morgan fingerprint density at radius 3 is 2.54 bits per heavy atom. The molecule has 4 rings (SSSR count). The molecule has 3 N–H and O–H groups in total. The van der Waals surface area contributed by atoms with Crippen LogP contribution in [-0.4, -0.2) is 41.7 Å². The van der Waals surface area contributed by atoms with Crippen LogP contribution >= 0.6 is 0 Å². The molecule has 0 amide bonds. The predicted octanol–water partition coefficient (Wildman–Crippen LogP) is 2.26. The molecule has 28 heavy (non-hydrogen) atoms. The molecular formula is C19H24N4O4S. The number of nitrogens with one attached hydrogen (secondary N) is 2. The highest BCUT2D eigenvalue weighted by Gasteiger charge is 2.29. The summed E-state index contributed by atoms with van der Waals surface area (Å²) in [7, 11) is -3.47. The molecule has 2 fully saturated rings. The second-order valence-corrected chi connectivity index (χ2v) is 9.10. The second-order valence-electron chi connectivity index (χ2n) is 7.38. The van der Waals surface area contributed by atoms with Gasteiger partial charge in [-0.15, -0.1) is 0 Å². The molecule has 2 aliphatic carbocycles. The molecule has 9 heteroatoms. The van der Waals surface area contributed by atoms with E-state index in [1.165, 1.54) is 0 Å². The van der Waals surface area contributed by atoms with Crippen LogP contribution in [0.3, 0.4) is 0 Å². The number of aliphatic hydroxyl groups excluding tert-OH is 1. The van der Waals surface area contributed by atoms with E-state index in [0.717, 1.165) is 37.7 Å². The van der Waals surface area contributed by atoms with Crippen LogP contribution in [0.4, 0.5) is 11.6 Å². The van der Waals surface area contributed by atoms with Gasteiger partial charge in [0, 0.05) is 23.5 Å². The molecule has 0 unspecified atom stereocenters. The molecular weight excluding hydrogens is 380 g/mol. The molecule has 1 aromatic heterocycles. The van der Waals surface area contributed by atoms with Crippen molar-refractivity contribution in [1.29, 1.82) is 0 Å². The van der Waals surface area contributed by atoms with E-state index in [9.17, 15) is 13.5 Å². The first-order valence-corrected chi connectivity index (χ1v) is 11.0. The Balaban J connectivity index is 1.45. The fraction of sp³-hybridized carbons (Fsp3) is 0.474. The summed E-state index contributed by atoms with van der Waals surface area (Å²) in [5.41, 5.74) is 1.46. The van der Waals surface area contributed by atoms with Gasteiger partial charge in [-0.1, -0.05) is 0 Å². The highest BCUT2D eigenvalue weighted by atomic mass is 32.2. The average Bonchev–Trinajstić information content (AvgIpc) is 3.38. The van der Waals surface area contributed by atoms with Crippen molar-refractivity contribution in [3.05, 3.63) is 36.0 Å². The maximum absolute atomic E-state index is 12.2. The first-order chi connectivity index (χ1) is 13.4. The third-order valence-corrected chi connectivity index (χ3v) is 6.46. The van der Waals surface area contributed by atoms with E-state index in [-0.39, 0.29) is 17.0 Å². The fourth-order valence-electron chi connectivity index (χ4n) is 3.13. The van der Waals surface area contributed by atoms with E-state index in [1.54, 1.807) is 30.5 Å². The molecule has 150 valence electrons. The summed E-state index contributed by atoms with van der Waals surface area (Å²) in [5.74, 6) is 0.788. The maximum atomic E-state index is 12.2. The lowest BCUT2D eigenvalue weighted by Crippen LogP contribution is -2.26. The lowest BCUT2D eigenvalue weighted by Gasteiger charge is -2.18. The van der Waals surface area contributed by atoms with Crippen molar-refractivity contribution < 1.29 is 18.3 Å². The number of sulfonamides is 1. The van der Waals surface area contributed by atoms with E-state index in [2.05, 4.69) is 20.0 Å². The molecule has 0 saturated heterocycles. The number of nitrogens with zero attached hydrogens (tertiary/aromatic N) is 2. The average molecular weight is 404 g/mol. The Bertz CT molecular complexity index is 945. The van der Waals surface area contributed by atoms with Gasteiger partial charge in [0.25, 0.3) is 0 Å². The molecule has 0 bridgehead atoms. The summed E-state index contributed by atoms with van der Waals surface area (Å²) >= 11 is 0. The van der Waals surface area contributed by atoms with Crippen molar-refractivity contribution in [2.24, 2.45) is 0 Å². The summed E-state index contributed by atoms with van der Waals surface area (Å²) in [6.07, 6.45) is 5.21. The zero-order valence-corrected chi connectivity index (χ0v) is 16.4. The summed E-state index contributed by atoms with van der Waals surface area (Å²) in [6, 6.07) is 6.51. The zero-order chi connectivity index (χ0) is 19.7. The van der Waals surface area contributed by atoms with Crippen LogP contribution in [0.2, 0.25) is 0 Å². The number of aromatic nitrogens is 2. The Hall–Kier alpha value is -2.23. The maximum Gasteiger partial charge on any atom is 0.240 e. The molecule has 0 spiro atoms. The minimum Gasteiger partial charge on any atom is -0.471 e. The van der Waals surface area contributed by atoms with Crippen LogP contribution in [0.25, 0.3) is 0 Å². The normalized spacial score (nSPS) is 22.2. The number of aryl methyl sites for hydroxylation is 1. The quantitative estimate of drug-likeness (QED) is 0.649. The molecule has 8 nitrogen and oxygen atoms in total. The first-order valence-electron chi connectivity index (χ1n) is 9.48. The largest absolute Gasteiger partial charge is 0.471 e. The molecule has 0 radical (unpaired) electrons. The fourth-order valence-corrected chi connectivity index (χ4v) is 4.43. The van der Waals surface area contributed by atoms with Gasteiger partial charge in [0.05, 0.1) is 11.0 Å². The lowest BCUT2D eigenvalue weighted by molar-refractivity contribution is 0.0569. The Morgan fingerprint density at radius 2 is 1.89 bits per heavy atom. The van der Waals surface area contributed by atoms with Gasteiger partial charge in [0.15, 0.2) is 0 Å². The SMILES string of the molecule is Cc1cnc(Nc2ccc(S(=O)(=O)NC3CC3)cc2)nc1O[C@@H]1CCC[C@@H]1O. The van der Waals surface area contributed by atoms with Crippen molar-refractivity contribution in [3.63, 3.8) is 0 Å². The van der Waals surface area contributed by atoms with Crippen LogP contribution in [0, 0.1) is 6.92 Å². The van der Waals surface area contributed by atoms with Crippen molar-refractivity contribution in [1.82, 2.24) is 14.7 Å². The molecule has 2 saturated carbocycles. The number of hydrogen-bond acceptors (Lipinski definition) is 7. The molecule has 2 aromatic rings. The van der Waals surface area contributed by atoms with Gasteiger partial charge < -0.3 is 15.2 Å². The number of ether oxygens (including phenoxy) is 1. The van der Waals surface area contributed by atoms with Gasteiger partial charge in [-0.05, 0) is 63.3 Å². The summed E-state index contributed by atoms with van der Waals surface area (Å²) in [4.78, 5) is 8.88. The van der Waals surface area contributed by atoms with Gasteiger partial charge in [-0.2, -0.15) is 4.98 Å². The summed E-state index contributed by atoms with van der Waals surface area (Å²) < 4.78 is 33.0. The van der Waals surface area contributed by atoms with E-state index in [4.69, 9.17) is 4.74 Å². The van der Waals surface area contributed by atoms with E-state index >= 15 is 0 Å². The van der Waals surface area contributed by atoms with E-state index in [0.29, 0.717) is 17.5 Å². The van der Waals surface area contributed by atoms with E-state index < -0.39 is 16.1 Å². The van der Waals surface area contributed by atoms with Crippen LogP contribution < -0.4 is 14.8 Å². The smallest absolute Gasteiger partial charge is 0.240 e. The van der Waals surface area contributed by atoms with Gasteiger partial charge >= 0.3 is 0 Å². The van der Waals surface area contributed by atoms with Gasteiger partial charge in [-0.3, -0.25) is 0 Å². The third kappa shape index (κ3) is 4.43. The van der Waals surface area contributed by atoms with Gasteiger partial charge in [0.2, 0.25) is 21.9 Å². The van der Waals surface area contributed by atoms with Crippen LogP contribution in [0.1, 0.15) is 37.7 Å². The van der Waals surface area contributed by atoms with E-state index in [1.807, 2.05) is 6.92 Å². The number of rotatable bonds is 7. The third-order valence-electron chi connectivity index (χ3n) is 4.93. The van der Waals surface area contributed by atoms with Gasteiger partial charge in [-0.25, -0.2) is 18.1 Å². The Kier molecular flexibility index (Phi) is 5.22. The number of anilines is 2. The number of benzene rings is 1. The highest BCUT2D eigenvalue weighted by Crippen LogP contribution is 2.27.